The molecule has 1 aromatic heterocycles. The first-order valence-electron chi connectivity index (χ1n) is 9.79. The van der Waals surface area contributed by atoms with Crippen LogP contribution in [0.1, 0.15) is 26.3 Å². The van der Waals surface area contributed by atoms with E-state index < -0.39 is 5.97 Å². The van der Waals surface area contributed by atoms with Crippen molar-refractivity contribution >= 4 is 34.2 Å². The summed E-state index contributed by atoms with van der Waals surface area (Å²) >= 11 is 0. The van der Waals surface area contributed by atoms with E-state index in [1.165, 1.54) is 7.11 Å². The maximum atomic E-state index is 13.3. The normalized spacial score (nSPS) is 10.5. The molecular formula is C25H20N4O3. The zero-order valence-corrected chi connectivity index (χ0v) is 17.3. The number of nitrogens with zero attached hydrogens (tertiary/aromatic N) is 1. The van der Waals surface area contributed by atoms with Gasteiger partial charge in [-0.1, -0.05) is 18.2 Å². The number of amidine groups is 1. The molecule has 0 aliphatic rings. The minimum Gasteiger partial charge on any atom is -0.465 e. The van der Waals surface area contributed by atoms with E-state index in [4.69, 9.17) is 15.9 Å². The largest absolute Gasteiger partial charge is 0.465 e. The molecule has 0 bridgehead atoms. The molecule has 0 aliphatic carbocycles. The summed E-state index contributed by atoms with van der Waals surface area (Å²) in [5.41, 5.74) is 8.55. The molecule has 7 heteroatoms. The third kappa shape index (κ3) is 4.04. The Bertz CT molecular complexity index is 1350. The quantitative estimate of drug-likeness (QED) is 0.252. The molecule has 3 aromatic carbocycles. The van der Waals surface area contributed by atoms with Crippen molar-refractivity contribution in [3.8, 4) is 11.1 Å². The number of nitrogen functional groups attached to an aromatic ring is 1. The van der Waals surface area contributed by atoms with E-state index in [2.05, 4.69) is 10.3 Å². The minimum atomic E-state index is -0.488. The Balaban J connectivity index is 1.83. The van der Waals surface area contributed by atoms with Gasteiger partial charge in [-0.05, 0) is 65.0 Å². The number of hydrogen-bond donors (Lipinski definition) is 3. The van der Waals surface area contributed by atoms with E-state index in [0.29, 0.717) is 33.5 Å². The average molecular weight is 424 g/mol. The molecular weight excluding hydrogens is 404 g/mol. The maximum absolute atomic E-state index is 13.3. The van der Waals surface area contributed by atoms with Crippen molar-refractivity contribution in [1.29, 1.82) is 5.41 Å². The lowest BCUT2D eigenvalue weighted by Gasteiger charge is -2.15. The number of anilines is 1. The van der Waals surface area contributed by atoms with Crippen LogP contribution in [0, 0.1) is 5.41 Å². The fraction of sp³-hybridized carbons (Fsp3) is 0.0400. The molecule has 32 heavy (non-hydrogen) atoms. The van der Waals surface area contributed by atoms with Crippen LogP contribution in [0.25, 0.3) is 21.9 Å². The summed E-state index contributed by atoms with van der Waals surface area (Å²) in [6, 6.07) is 19.1. The number of esters is 1. The van der Waals surface area contributed by atoms with Crippen LogP contribution in [-0.4, -0.2) is 29.8 Å². The standard InChI is InChI=1S/C25H20N4O3/c1-32-25(31)20-5-3-2-4-19(20)21-13-17-14-28-11-10-16(17)12-22(21)24(30)29-18-8-6-15(7-9-18)23(26)27/h2-14H,1H3,(H3,26,27)(H,29,30). The molecule has 158 valence electrons. The second-order valence-corrected chi connectivity index (χ2v) is 7.10. The molecule has 4 rings (SSSR count). The zero-order valence-electron chi connectivity index (χ0n) is 17.3. The molecule has 0 spiro atoms. The molecule has 0 atom stereocenters. The van der Waals surface area contributed by atoms with Crippen molar-refractivity contribution in [3.05, 3.63) is 95.8 Å². The Morgan fingerprint density at radius 2 is 1.69 bits per heavy atom. The third-order valence-corrected chi connectivity index (χ3v) is 5.10. The van der Waals surface area contributed by atoms with Crippen LogP contribution >= 0.6 is 0 Å². The first kappa shape index (κ1) is 20.7. The summed E-state index contributed by atoms with van der Waals surface area (Å²) in [7, 11) is 1.32. The van der Waals surface area contributed by atoms with E-state index in [1.54, 1.807) is 67.0 Å². The van der Waals surface area contributed by atoms with Crippen molar-refractivity contribution in [1.82, 2.24) is 4.98 Å². The first-order valence-corrected chi connectivity index (χ1v) is 9.79. The lowest BCUT2D eigenvalue weighted by molar-refractivity contribution is 0.0601. The highest BCUT2D eigenvalue weighted by atomic mass is 16.5. The van der Waals surface area contributed by atoms with E-state index >= 15 is 0 Å². The number of methoxy groups -OCH3 is 1. The summed E-state index contributed by atoms with van der Waals surface area (Å²) in [5.74, 6) is -0.875. The number of carbonyl (C=O) groups excluding carboxylic acids is 2. The third-order valence-electron chi connectivity index (χ3n) is 5.10. The number of aromatic nitrogens is 1. The van der Waals surface area contributed by atoms with Crippen molar-refractivity contribution in [2.24, 2.45) is 5.73 Å². The highest BCUT2D eigenvalue weighted by Gasteiger charge is 2.20. The summed E-state index contributed by atoms with van der Waals surface area (Å²) in [5, 5.41) is 12.1. The number of benzene rings is 3. The second kappa shape index (κ2) is 8.69. The van der Waals surface area contributed by atoms with Gasteiger partial charge in [0, 0.05) is 34.6 Å². The summed E-state index contributed by atoms with van der Waals surface area (Å²) < 4.78 is 4.93. The fourth-order valence-corrected chi connectivity index (χ4v) is 3.48. The molecule has 0 unspecified atom stereocenters. The number of ether oxygens (including phenoxy) is 1. The molecule has 0 fully saturated rings. The van der Waals surface area contributed by atoms with Gasteiger partial charge < -0.3 is 15.8 Å². The Morgan fingerprint density at radius 1 is 0.938 bits per heavy atom. The number of pyridine rings is 1. The van der Waals surface area contributed by atoms with Gasteiger partial charge in [0.2, 0.25) is 0 Å². The Labute approximate surface area is 184 Å². The van der Waals surface area contributed by atoms with Gasteiger partial charge >= 0.3 is 5.97 Å². The number of hydrogen-bond acceptors (Lipinski definition) is 5. The van der Waals surface area contributed by atoms with Gasteiger partial charge in [-0.2, -0.15) is 0 Å². The maximum Gasteiger partial charge on any atom is 0.338 e. The average Bonchev–Trinajstić information content (AvgIpc) is 2.83. The van der Waals surface area contributed by atoms with Gasteiger partial charge in [0.15, 0.2) is 0 Å². The summed E-state index contributed by atoms with van der Waals surface area (Å²) in [4.78, 5) is 29.8. The number of nitrogens with one attached hydrogen (secondary N) is 2. The highest BCUT2D eigenvalue weighted by molar-refractivity contribution is 6.13. The molecule has 4 aromatic rings. The number of amides is 1. The highest BCUT2D eigenvalue weighted by Crippen LogP contribution is 2.32. The van der Waals surface area contributed by atoms with Gasteiger partial charge in [0.05, 0.1) is 12.7 Å². The predicted molar refractivity (Wildman–Crippen MR) is 124 cm³/mol. The molecule has 7 nitrogen and oxygen atoms in total. The van der Waals surface area contributed by atoms with Crippen LogP contribution in [0.2, 0.25) is 0 Å². The van der Waals surface area contributed by atoms with Crippen molar-refractivity contribution < 1.29 is 14.3 Å². The van der Waals surface area contributed by atoms with E-state index in [-0.39, 0.29) is 11.7 Å². The van der Waals surface area contributed by atoms with Crippen LogP contribution in [0.3, 0.4) is 0 Å². The van der Waals surface area contributed by atoms with Crippen LogP contribution in [0.4, 0.5) is 5.69 Å². The zero-order chi connectivity index (χ0) is 22.7. The van der Waals surface area contributed by atoms with Gasteiger partial charge in [-0.3, -0.25) is 15.2 Å². The van der Waals surface area contributed by atoms with Gasteiger partial charge in [-0.15, -0.1) is 0 Å². The predicted octanol–water partition coefficient (Wildman–Crippen LogP) is 4.22. The van der Waals surface area contributed by atoms with Crippen LogP contribution in [0.15, 0.2) is 79.1 Å². The molecule has 0 aliphatic heterocycles. The Morgan fingerprint density at radius 3 is 2.41 bits per heavy atom. The smallest absolute Gasteiger partial charge is 0.338 e. The van der Waals surface area contributed by atoms with E-state index in [0.717, 1.165) is 10.8 Å². The van der Waals surface area contributed by atoms with E-state index in [1.807, 2.05) is 12.1 Å². The SMILES string of the molecule is COC(=O)c1ccccc1-c1cc2cnccc2cc1C(=O)Nc1ccc(C(=N)N)cc1. The fourth-order valence-electron chi connectivity index (χ4n) is 3.48. The summed E-state index contributed by atoms with van der Waals surface area (Å²) in [6.07, 6.45) is 3.37. The molecule has 4 N–H and O–H groups in total. The number of nitrogens with two attached hydrogens (primary N) is 1. The molecule has 0 radical (unpaired) electrons. The van der Waals surface area contributed by atoms with E-state index in [9.17, 15) is 9.59 Å². The van der Waals surface area contributed by atoms with Crippen molar-refractivity contribution in [2.75, 3.05) is 12.4 Å². The molecule has 0 saturated heterocycles. The minimum absolute atomic E-state index is 0.0484. The molecule has 1 amide bonds. The van der Waals surface area contributed by atoms with Gasteiger partial charge in [0.1, 0.15) is 5.84 Å². The lowest BCUT2D eigenvalue weighted by atomic mass is 9.92. The topological polar surface area (TPSA) is 118 Å². The Kier molecular flexibility index (Phi) is 5.63. The van der Waals surface area contributed by atoms with Crippen molar-refractivity contribution in [3.63, 3.8) is 0 Å². The first-order chi connectivity index (χ1) is 15.5. The number of fused-ring (bicyclic) bond motifs is 1. The molecule has 1 heterocycles. The molecule has 0 saturated carbocycles. The number of carbonyl (C=O) groups is 2. The lowest BCUT2D eigenvalue weighted by Crippen LogP contribution is -2.15. The monoisotopic (exact) mass is 424 g/mol. The van der Waals surface area contributed by atoms with Crippen LogP contribution in [0.5, 0.6) is 0 Å². The van der Waals surface area contributed by atoms with Crippen molar-refractivity contribution in [2.45, 2.75) is 0 Å². The van der Waals surface area contributed by atoms with Crippen LogP contribution < -0.4 is 11.1 Å². The second-order valence-electron chi connectivity index (χ2n) is 7.10. The summed E-state index contributed by atoms with van der Waals surface area (Å²) in [6.45, 7) is 0. The van der Waals surface area contributed by atoms with Gasteiger partial charge in [-0.25, -0.2) is 4.79 Å². The van der Waals surface area contributed by atoms with Gasteiger partial charge in [0.25, 0.3) is 5.91 Å². The van der Waals surface area contributed by atoms with Crippen LogP contribution in [-0.2, 0) is 4.74 Å². The Hall–Kier alpha value is -4.52. The number of rotatable bonds is 5.